The number of ether oxygens (including phenoxy) is 1. The smallest absolute Gasteiger partial charge is 0.233 e. The lowest BCUT2D eigenvalue weighted by Crippen LogP contribution is -2.16. The SMILES string of the molecule is N/C(=N/O)c1ccnc(OC2CCCC2)c1Cl. The Morgan fingerprint density at radius 2 is 2.24 bits per heavy atom. The van der Waals surface area contributed by atoms with Gasteiger partial charge in [-0.15, -0.1) is 0 Å². The average Bonchev–Trinajstić information content (AvgIpc) is 2.84. The largest absolute Gasteiger partial charge is 0.473 e. The van der Waals surface area contributed by atoms with Crippen LogP contribution < -0.4 is 10.5 Å². The van der Waals surface area contributed by atoms with Crippen molar-refractivity contribution in [1.29, 1.82) is 0 Å². The molecular formula is C11H14ClN3O2. The summed E-state index contributed by atoms with van der Waals surface area (Å²) < 4.78 is 5.71. The van der Waals surface area contributed by atoms with E-state index in [9.17, 15) is 0 Å². The van der Waals surface area contributed by atoms with E-state index in [0.717, 1.165) is 12.8 Å². The number of aromatic nitrogens is 1. The molecule has 3 N–H and O–H groups in total. The first-order valence-electron chi connectivity index (χ1n) is 5.51. The Labute approximate surface area is 104 Å². The first kappa shape index (κ1) is 12.0. The van der Waals surface area contributed by atoms with Crippen molar-refractivity contribution in [2.75, 3.05) is 0 Å². The van der Waals surface area contributed by atoms with Crippen LogP contribution in [0.2, 0.25) is 5.02 Å². The van der Waals surface area contributed by atoms with Crippen molar-refractivity contribution in [3.8, 4) is 5.88 Å². The second-order valence-electron chi connectivity index (χ2n) is 3.99. The molecule has 0 atom stereocenters. The van der Waals surface area contributed by atoms with E-state index >= 15 is 0 Å². The summed E-state index contributed by atoms with van der Waals surface area (Å²) >= 11 is 6.10. The normalized spacial score (nSPS) is 17.4. The van der Waals surface area contributed by atoms with E-state index in [1.54, 1.807) is 6.07 Å². The van der Waals surface area contributed by atoms with Gasteiger partial charge in [-0.05, 0) is 31.7 Å². The van der Waals surface area contributed by atoms with E-state index in [1.807, 2.05) is 0 Å². The molecule has 1 aromatic heterocycles. The lowest BCUT2D eigenvalue weighted by atomic mass is 10.2. The van der Waals surface area contributed by atoms with Gasteiger partial charge < -0.3 is 15.7 Å². The molecule has 2 rings (SSSR count). The molecule has 5 nitrogen and oxygen atoms in total. The molecule has 0 amide bonds. The van der Waals surface area contributed by atoms with Gasteiger partial charge in [0.15, 0.2) is 5.84 Å². The highest BCUT2D eigenvalue weighted by Gasteiger charge is 2.20. The highest BCUT2D eigenvalue weighted by Crippen LogP contribution is 2.29. The lowest BCUT2D eigenvalue weighted by Gasteiger charge is -2.14. The number of nitrogens with two attached hydrogens (primary N) is 1. The predicted molar refractivity (Wildman–Crippen MR) is 64.6 cm³/mol. The van der Waals surface area contributed by atoms with Crippen LogP contribution in [0.25, 0.3) is 0 Å². The molecule has 1 saturated carbocycles. The number of hydrogen-bond acceptors (Lipinski definition) is 4. The standard InChI is InChI=1S/C11H14ClN3O2/c12-9-8(10(13)15-16)5-6-14-11(9)17-7-3-1-2-4-7/h5-7,16H,1-4H2,(H2,13,15). The van der Waals surface area contributed by atoms with E-state index in [0.29, 0.717) is 11.4 Å². The van der Waals surface area contributed by atoms with Crippen molar-refractivity contribution in [3.05, 3.63) is 22.8 Å². The van der Waals surface area contributed by atoms with Crippen LogP contribution in [0.4, 0.5) is 0 Å². The second kappa shape index (κ2) is 5.23. The molecule has 1 aliphatic carbocycles. The van der Waals surface area contributed by atoms with E-state index in [1.165, 1.54) is 19.0 Å². The maximum absolute atomic E-state index is 8.63. The van der Waals surface area contributed by atoms with Crippen molar-refractivity contribution in [1.82, 2.24) is 4.98 Å². The highest BCUT2D eigenvalue weighted by molar-refractivity contribution is 6.35. The fraction of sp³-hybridized carbons (Fsp3) is 0.455. The number of halogens is 1. The average molecular weight is 256 g/mol. The minimum absolute atomic E-state index is 0.0475. The molecule has 0 saturated heterocycles. The summed E-state index contributed by atoms with van der Waals surface area (Å²) in [5.41, 5.74) is 5.93. The van der Waals surface area contributed by atoms with Crippen molar-refractivity contribution in [2.24, 2.45) is 10.9 Å². The molecule has 0 bridgehead atoms. The van der Waals surface area contributed by atoms with Gasteiger partial charge in [-0.25, -0.2) is 4.98 Å². The number of hydrogen-bond donors (Lipinski definition) is 2. The van der Waals surface area contributed by atoms with Crippen LogP contribution in [0.3, 0.4) is 0 Å². The summed E-state index contributed by atoms with van der Waals surface area (Å²) in [5, 5.41) is 11.8. The predicted octanol–water partition coefficient (Wildman–Crippen LogP) is 2.15. The third kappa shape index (κ3) is 2.61. The fourth-order valence-corrected chi connectivity index (χ4v) is 2.18. The third-order valence-electron chi connectivity index (χ3n) is 2.82. The van der Waals surface area contributed by atoms with E-state index < -0.39 is 0 Å². The summed E-state index contributed by atoms with van der Waals surface area (Å²) in [6, 6.07) is 1.58. The first-order chi connectivity index (χ1) is 8.22. The zero-order chi connectivity index (χ0) is 12.3. The van der Waals surface area contributed by atoms with Crippen molar-refractivity contribution < 1.29 is 9.94 Å². The molecule has 0 aliphatic heterocycles. The second-order valence-corrected chi connectivity index (χ2v) is 4.37. The van der Waals surface area contributed by atoms with Crippen molar-refractivity contribution >= 4 is 17.4 Å². The zero-order valence-electron chi connectivity index (χ0n) is 9.27. The number of oxime groups is 1. The molecule has 0 spiro atoms. The Kier molecular flexibility index (Phi) is 3.68. The van der Waals surface area contributed by atoms with Crippen LogP contribution in [0.1, 0.15) is 31.2 Å². The summed E-state index contributed by atoms with van der Waals surface area (Å²) in [4.78, 5) is 4.07. The van der Waals surface area contributed by atoms with E-state index in [4.69, 9.17) is 27.3 Å². The van der Waals surface area contributed by atoms with Crippen LogP contribution in [0, 0.1) is 0 Å². The third-order valence-corrected chi connectivity index (χ3v) is 3.19. The van der Waals surface area contributed by atoms with Crippen LogP contribution in [0.5, 0.6) is 5.88 Å². The number of pyridine rings is 1. The number of nitrogens with zero attached hydrogens (tertiary/aromatic N) is 2. The number of amidine groups is 1. The monoisotopic (exact) mass is 255 g/mol. The van der Waals surface area contributed by atoms with E-state index in [-0.39, 0.29) is 17.0 Å². The summed E-state index contributed by atoms with van der Waals surface area (Å²) in [7, 11) is 0. The van der Waals surface area contributed by atoms with E-state index in [2.05, 4.69) is 10.1 Å². The molecule has 1 heterocycles. The summed E-state index contributed by atoms with van der Waals surface area (Å²) in [5.74, 6) is 0.302. The van der Waals surface area contributed by atoms with Crippen LogP contribution >= 0.6 is 11.6 Å². The molecule has 17 heavy (non-hydrogen) atoms. The van der Waals surface area contributed by atoms with Gasteiger partial charge in [-0.3, -0.25) is 0 Å². The van der Waals surface area contributed by atoms with Crippen LogP contribution in [-0.4, -0.2) is 22.1 Å². The van der Waals surface area contributed by atoms with Gasteiger partial charge in [-0.2, -0.15) is 0 Å². The Bertz CT molecular complexity index is 431. The van der Waals surface area contributed by atoms with Gasteiger partial charge in [0, 0.05) is 11.8 Å². The minimum atomic E-state index is -0.0475. The Hall–Kier alpha value is -1.49. The molecule has 0 aromatic carbocycles. The molecule has 92 valence electrons. The maximum Gasteiger partial charge on any atom is 0.233 e. The molecule has 0 unspecified atom stereocenters. The van der Waals surface area contributed by atoms with Crippen molar-refractivity contribution in [2.45, 2.75) is 31.8 Å². The van der Waals surface area contributed by atoms with Gasteiger partial charge in [0.05, 0.1) is 0 Å². The van der Waals surface area contributed by atoms with Gasteiger partial charge in [0.25, 0.3) is 0 Å². The minimum Gasteiger partial charge on any atom is -0.473 e. The summed E-state index contributed by atoms with van der Waals surface area (Å²) in [6.07, 6.45) is 6.08. The lowest BCUT2D eigenvalue weighted by molar-refractivity contribution is 0.201. The molecule has 1 fully saturated rings. The highest BCUT2D eigenvalue weighted by atomic mass is 35.5. The van der Waals surface area contributed by atoms with Gasteiger partial charge in [-0.1, -0.05) is 16.8 Å². The van der Waals surface area contributed by atoms with Crippen LogP contribution in [-0.2, 0) is 0 Å². The maximum atomic E-state index is 8.63. The zero-order valence-corrected chi connectivity index (χ0v) is 10.0. The molecular weight excluding hydrogens is 242 g/mol. The first-order valence-corrected chi connectivity index (χ1v) is 5.89. The Balaban J connectivity index is 2.22. The fourth-order valence-electron chi connectivity index (χ4n) is 1.92. The Morgan fingerprint density at radius 1 is 1.53 bits per heavy atom. The molecule has 6 heteroatoms. The topological polar surface area (TPSA) is 80.7 Å². The number of rotatable bonds is 3. The Morgan fingerprint density at radius 3 is 2.88 bits per heavy atom. The molecule has 1 aliphatic rings. The van der Waals surface area contributed by atoms with Crippen molar-refractivity contribution in [3.63, 3.8) is 0 Å². The van der Waals surface area contributed by atoms with Gasteiger partial charge >= 0.3 is 0 Å². The molecule has 1 aromatic rings. The molecule has 0 radical (unpaired) electrons. The van der Waals surface area contributed by atoms with Crippen LogP contribution in [0.15, 0.2) is 17.4 Å². The quantitative estimate of drug-likeness (QED) is 0.375. The van der Waals surface area contributed by atoms with Gasteiger partial charge in [0.1, 0.15) is 11.1 Å². The summed E-state index contributed by atoms with van der Waals surface area (Å²) in [6.45, 7) is 0. The van der Waals surface area contributed by atoms with Gasteiger partial charge in [0.2, 0.25) is 5.88 Å².